The van der Waals surface area contributed by atoms with Gasteiger partial charge in [-0.1, -0.05) is 25.1 Å². The van der Waals surface area contributed by atoms with E-state index < -0.39 is 11.6 Å². The molecule has 0 aliphatic rings. The van der Waals surface area contributed by atoms with Crippen molar-refractivity contribution in [3.8, 4) is 0 Å². The van der Waals surface area contributed by atoms with Gasteiger partial charge >= 0.3 is 5.69 Å². The smallest absolute Gasteiger partial charge is 0.341 e. The summed E-state index contributed by atoms with van der Waals surface area (Å²) in [5, 5.41) is 9.68. The quantitative estimate of drug-likeness (QED) is 0.567. The number of carbonyl (C=O) groups is 1. The van der Waals surface area contributed by atoms with Gasteiger partial charge in [-0.05, 0) is 24.0 Å². The largest absolute Gasteiger partial charge is 0.361 e. The standard InChI is InChI=1S/C15H17N5O2/c1-2-9-4-3-5-11-10(8-17-12(9)11)6-7-16-14(21)13-18-15(22)20-19-13/h3-5,8,17H,2,6-7H2,1H3,(H,16,21)(H2,18,19,20,22). The van der Waals surface area contributed by atoms with Crippen molar-refractivity contribution in [1.82, 2.24) is 25.5 Å². The Kier molecular flexibility index (Phi) is 3.78. The van der Waals surface area contributed by atoms with Gasteiger partial charge in [0.05, 0.1) is 0 Å². The molecule has 2 aromatic heterocycles. The lowest BCUT2D eigenvalue weighted by Gasteiger charge is -2.03. The SMILES string of the molecule is CCc1cccc2c(CCNC(=O)c3n[nH]c(=O)[nH]3)c[nH]c12. The molecule has 0 saturated carbocycles. The van der Waals surface area contributed by atoms with Crippen LogP contribution in [0.15, 0.2) is 29.2 Å². The van der Waals surface area contributed by atoms with Crippen molar-refractivity contribution < 1.29 is 4.79 Å². The summed E-state index contributed by atoms with van der Waals surface area (Å²) in [6.07, 6.45) is 3.65. The van der Waals surface area contributed by atoms with Crippen LogP contribution in [-0.2, 0) is 12.8 Å². The first-order valence-electron chi connectivity index (χ1n) is 7.19. The number of aromatic amines is 3. The lowest BCUT2D eigenvalue weighted by Crippen LogP contribution is -2.27. The van der Waals surface area contributed by atoms with Crippen molar-refractivity contribution in [2.45, 2.75) is 19.8 Å². The van der Waals surface area contributed by atoms with Gasteiger partial charge in [0.25, 0.3) is 5.91 Å². The lowest BCUT2D eigenvalue weighted by molar-refractivity contribution is 0.0944. The Balaban J connectivity index is 1.67. The number of amides is 1. The van der Waals surface area contributed by atoms with Gasteiger partial charge in [-0.3, -0.25) is 9.78 Å². The summed E-state index contributed by atoms with van der Waals surface area (Å²) < 4.78 is 0. The number of nitrogens with zero attached hydrogens (tertiary/aromatic N) is 1. The monoisotopic (exact) mass is 299 g/mol. The van der Waals surface area contributed by atoms with Crippen molar-refractivity contribution in [3.63, 3.8) is 0 Å². The molecule has 4 N–H and O–H groups in total. The molecule has 0 atom stereocenters. The van der Waals surface area contributed by atoms with Crippen molar-refractivity contribution in [2.24, 2.45) is 0 Å². The highest BCUT2D eigenvalue weighted by atomic mass is 16.2. The van der Waals surface area contributed by atoms with Crippen molar-refractivity contribution in [3.05, 3.63) is 51.8 Å². The Morgan fingerprint density at radius 2 is 2.18 bits per heavy atom. The number of nitrogens with one attached hydrogen (secondary N) is 4. The fourth-order valence-electron chi connectivity index (χ4n) is 2.55. The first kappa shape index (κ1) is 14.1. The van der Waals surface area contributed by atoms with E-state index in [2.05, 4.69) is 44.5 Å². The number of aryl methyl sites for hydroxylation is 1. The summed E-state index contributed by atoms with van der Waals surface area (Å²) in [7, 11) is 0. The molecule has 1 amide bonds. The predicted molar refractivity (Wildman–Crippen MR) is 82.9 cm³/mol. The van der Waals surface area contributed by atoms with E-state index in [1.54, 1.807) is 0 Å². The molecule has 3 aromatic rings. The highest BCUT2D eigenvalue weighted by molar-refractivity contribution is 5.90. The van der Waals surface area contributed by atoms with E-state index in [1.165, 1.54) is 10.9 Å². The van der Waals surface area contributed by atoms with Crippen molar-refractivity contribution >= 4 is 16.8 Å². The van der Waals surface area contributed by atoms with Crippen LogP contribution in [0.4, 0.5) is 0 Å². The van der Waals surface area contributed by atoms with Crippen LogP contribution in [0.5, 0.6) is 0 Å². The Morgan fingerprint density at radius 3 is 2.91 bits per heavy atom. The number of rotatable bonds is 5. The molecule has 0 aliphatic heterocycles. The van der Waals surface area contributed by atoms with E-state index in [0.717, 1.165) is 17.5 Å². The number of para-hydroxylation sites is 1. The minimum atomic E-state index is -0.492. The third-order valence-electron chi connectivity index (χ3n) is 3.66. The van der Waals surface area contributed by atoms with Gasteiger partial charge in [-0.25, -0.2) is 9.89 Å². The Morgan fingerprint density at radius 1 is 1.32 bits per heavy atom. The highest BCUT2D eigenvalue weighted by Gasteiger charge is 2.10. The molecule has 1 aromatic carbocycles. The van der Waals surface area contributed by atoms with Crippen LogP contribution in [0.2, 0.25) is 0 Å². The molecule has 3 rings (SSSR count). The van der Waals surface area contributed by atoms with E-state index in [1.807, 2.05) is 12.3 Å². The second-order valence-electron chi connectivity index (χ2n) is 5.04. The number of fused-ring (bicyclic) bond motifs is 1. The molecule has 22 heavy (non-hydrogen) atoms. The first-order chi connectivity index (χ1) is 10.7. The number of benzene rings is 1. The molecule has 7 heteroatoms. The topological polar surface area (TPSA) is 106 Å². The minimum Gasteiger partial charge on any atom is -0.361 e. The average molecular weight is 299 g/mol. The van der Waals surface area contributed by atoms with Gasteiger partial charge in [0.2, 0.25) is 5.82 Å². The Labute approximate surface area is 126 Å². The molecular formula is C15H17N5O2. The predicted octanol–water partition coefficient (Wildman–Crippen LogP) is 1.11. The third-order valence-corrected chi connectivity index (χ3v) is 3.66. The van der Waals surface area contributed by atoms with Crippen LogP contribution in [0.25, 0.3) is 10.9 Å². The molecule has 0 unspecified atom stereocenters. The van der Waals surface area contributed by atoms with Crippen molar-refractivity contribution in [2.75, 3.05) is 6.54 Å². The third kappa shape index (κ3) is 2.65. The van der Waals surface area contributed by atoms with Gasteiger partial charge in [-0.15, -0.1) is 5.10 Å². The molecule has 0 radical (unpaired) electrons. The van der Waals surface area contributed by atoms with E-state index in [-0.39, 0.29) is 5.82 Å². The van der Waals surface area contributed by atoms with Gasteiger partial charge in [-0.2, -0.15) is 0 Å². The maximum atomic E-state index is 11.8. The zero-order valence-corrected chi connectivity index (χ0v) is 12.2. The molecule has 0 fully saturated rings. The maximum absolute atomic E-state index is 11.8. The summed E-state index contributed by atoms with van der Waals surface area (Å²) in [4.78, 5) is 28.3. The second kappa shape index (κ2) is 5.88. The molecule has 0 aliphatic carbocycles. The van der Waals surface area contributed by atoms with Crippen molar-refractivity contribution in [1.29, 1.82) is 0 Å². The highest BCUT2D eigenvalue weighted by Crippen LogP contribution is 2.22. The first-order valence-corrected chi connectivity index (χ1v) is 7.19. The molecule has 7 nitrogen and oxygen atoms in total. The Bertz CT molecular complexity index is 858. The van der Waals surface area contributed by atoms with Crippen LogP contribution in [0.1, 0.15) is 28.7 Å². The van der Waals surface area contributed by atoms with E-state index in [0.29, 0.717) is 13.0 Å². The lowest BCUT2D eigenvalue weighted by atomic mass is 10.1. The van der Waals surface area contributed by atoms with E-state index in [4.69, 9.17) is 0 Å². The normalized spacial score (nSPS) is 11.0. The summed E-state index contributed by atoms with van der Waals surface area (Å²) in [5.74, 6) is -0.398. The summed E-state index contributed by atoms with van der Waals surface area (Å²) in [5.41, 5.74) is 3.10. The number of aromatic nitrogens is 4. The van der Waals surface area contributed by atoms with Gasteiger partial charge in [0, 0.05) is 23.6 Å². The molecular weight excluding hydrogens is 282 g/mol. The van der Waals surface area contributed by atoms with E-state index in [9.17, 15) is 9.59 Å². The van der Waals surface area contributed by atoms with Gasteiger partial charge < -0.3 is 10.3 Å². The van der Waals surface area contributed by atoms with Gasteiger partial charge in [0.1, 0.15) is 0 Å². The summed E-state index contributed by atoms with van der Waals surface area (Å²) in [6.45, 7) is 2.59. The molecule has 0 bridgehead atoms. The van der Waals surface area contributed by atoms with Crippen LogP contribution < -0.4 is 11.0 Å². The zero-order valence-electron chi connectivity index (χ0n) is 12.2. The van der Waals surface area contributed by atoms with Gasteiger partial charge in [0.15, 0.2) is 0 Å². The molecule has 114 valence electrons. The Hall–Kier alpha value is -2.83. The minimum absolute atomic E-state index is 0.00260. The van der Waals surface area contributed by atoms with Crippen LogP contribution in [-0.4, -0.2) is 32.6 Å². The fourth-order valence-corrected chi connectivity index (χ4v) is 2.55. The summed E-state index contributed by atoms with van der Waals surface area (Å²) >= 11 is 0. The second-order valence-corrected chi connectivity index (χ2v) is 5.04. The van der Waals surface area contributed by atoms with Crippen LogP contribution >= 0.6 is 0 Å². The zero-order chi connectivity index (χ0) is 15.5. The molecule has 0 spiro atoms. The van der Waals surface area contributed by atoms with Crippen LogP contribution in [0.3, 0.4) is 0 Å². The van der Waals surface area contributed by atoms with Crippen LogP contribution in [0, 0.1) is 0 Å². The average Bonchev–Trinajstić information content (AvgIpc) is 3.13. The number of hydrogen-bond donors (Lipinski definition) is 4. The van der Waals surface area contributed by atoms with E-state index >= 15 is 0 Å². The maximum Gasteiger partial charge on any atom is 0.341 e. The molecule has 0 saturated heterocycles. The summed E-state index contributed by atoms with van der Waals surface area (Å²) in [6, 6.07) is 6.23. The number of hydrogen-bond acceptors (Lipinski definition) is 3. The number of H-pyrrole nitrogens is 3. The number of carbonyl (C=O) groups excluding carboxylic acids is 1. The fraction of sp³-hybridized carbons (Fsp3) is 0.267. The molecule has 2 heterocycles.